The summed E-state index contributed by atoms with van der Waals surface area (Å²) in [4.78, 5) is 0. The first-order chi connectivity index (χ1) is 7.81. The lowest BCUT2D eigenvalue weighted by molar-refractivity contribution is 0.716. The minimum Gasteiger partial charge on any atom is -0.313 e. The van der Waals surface area contributed by atoms with E-state index in [0.29, 0.717) is 0 Å². The molecule has 0 saturated heterocycles. The normalized spacial score (nSPS) is 10.6. The van der Waals surface area contributed by atoms with Crippen LogP contribution in [-0.4, -0.2) is 16.3 Å². The van der Waals surface area contributed by atoms with Gasteiger partial charge in [0.05, 0.1) is 5.69 Å². The zero-order valence-corrected chi connectivity index (χ0v) is 10.7. The van der Waals surface area contributed by atoms with Crippen molar-refractivity contribution in [3.05, 3.63) is 46.7 Å². The number of aromatic nitrogens is 2. The summed E-state index contributed by atoms with van der Waals surface area (Å²) < 4.78 is 2.98. The Bertz CT molecular complexity index is 451. The van der Waals surface area contributed by atoms with Crippen molar-refractivity contribution in [2.45, 2.75) is 13.5 Å². The molecule has 0 bridgehead atoms. The van der Waals surface area contributed by atoms with Gasteiger partial charge in [-0.25, -0.2) is 4.68 Å². The molecule has 1 aromatic heterocycles. The molecule has 0 spiro atoms. The van der Waals surface area contributed by atoms with Crippen molar-refractivity contribution in [3.63, 3.8) is 0 Å². The number of nitrogens with zero attached hydrogens (tertiary/aromatic N) is 2. The lowest BCUT2D eigenvalue weighted by Crippen LogP contribution is -2.14. The Labute approximate surface area is 104 Å². The van der Waals surface area contributed by atoms with E-state index >= 15 is 0 Å². The Balaban J connectivity index is 2.36. The van der Waals surface area contributed by atoms with Gasteiger partial charge in [-0.1, -0.05) is 22.9 Å². The lowest BCUT2D eigenvalue weighted by Gasteiger charge is -2.10. The molecule has 0 aliphatic heterocycles. The summed E-state index contributed by atoms with van der Waals surface area (Å²) in [6.45, 7) is 3.92. The number of nitrogens with one attached hydrogen (secondary N) is 1. The van der Waals surface area contributed by atoms with Crippen LogP contribution in [0.25, 0.3) is 5.69 Å². The predicted octanol–water partition coefficient (Wildman–Crippen LogP) is 2.74. The van der Waals surface area contributed by atoms with Crippen LogP contribution in [0.1, 0.15) is 12.5 Å². The summed E-state index contributed by atoms with van der Waals surface area (Å²) in [6.07, 6.45) is 3.75. The van der Waals surface area contributed by atoms with Gasteiger partial charge in [0.2, 0.25) is 0 Å². The summed E-state index contributed by atoms with van der Waals surface area (Å²) in [7, 11) is 0. The summed E-state index contributed by atoms with van der Waals surface area (Å²) in [5.41, 5.74) is 2.36. The van der Waals surface area contributed by atoms with Crippen molar-refractivity contribution in [1.82, 2.24) is 15.1 Å². The van der Waals surface area contributed by atoms with E-state index < -0.39 is 0 Å². The van der Waals surface area contributed by atoms with Crippen LogP contribution >= 0.6 is 15.9 Å². The van der Waals surface area contributed by atoms with E-state index in [1.807, 2.05) is 23.0 Å². The molecule has 0 amide bonds. The van der Waals surface area contributed by atoms with Crippen molar-refractivity contribution in [2.75, 3.05) is 6.54 Å². The molecular formula is C12H14BrN3. The number of rotatable bonds is 4. The molecule has 16 heavy (non-hydrogen) atoms. The molecule has 1 aromatic carbocycles. The molecule has 0 atom stereocenters. The van der Waals surface area contributed by atoms with E-state index in [-0.39, 0.29) is 0 Å². The van der Waals surface area contributed by atoms with E-state index in [1.54, 1.807) is 6.20 Å². The number of halogens is 1. The van der Waals surface area contributed by atoms with Gasteiger partial charge in [-0.05, 0) is 36.4 Å². The molecule has 0 saturated carbocycles. The summed E-state index contributed by atoms with van der Waals surface area (Å²) in [5, 5.41) is 7.59. The van der Waals surface area contributed by atoms with Gasteiger partial charge < -0.3 is 5.32 Å². The lowest BCUT2D eigenvalue weighted by atomic mass is 10.2. The minimum atomic E-state index is 0.852. The molecule has 2 rings (SSSR count). The van der Waals surface area contributed by atoms with Crippen LogP contribution < -0.4 is 5.32 Å². The molecule has 4 heteroatoms. The quantitative estimate of drug-likeness (QED) is 0.933. The maximum Gasteiger partial charge on any atom is 0.0691 e. The Morgan fingerprint density at radius 1 is 1.44 bits per heavy atom. The zero-order chi connectivity index (χ0) is 11.4. The molecule has 0 radical (unpaired) electrons. The smallest absolute Gasteiger partial charge is 0.0691 e. The van der Waals surface area contributed by atoms with Crippen molar-refractivity contribution in [2.24, 2.45) is 0 Å². The van der Waals surface area contributed by atoms with Crippen LogP contribution in [0.4, 0.5) is 0 Å². The first-order valence-electron chi connectivity index (χ1n) is 5.30. The number of hydrogen-bond acceptors (Lipinski definition) is 2. The summed E-state index contributed by atoms with van der Waals surface area (Å²) in [5.74, 6) is 0. The van der Waals surface area contributed by atoms with Crippen LogP contribution in [0.3, 0.4) is 0 Å². The first-order valence-corrected chi connectivity index (χ1v) is 6.09. The van der Waals surface area contributed by atoms with E-state index in [4.69, 9.17) is 0 Å². The number of benzene rings is 1. The van der Waals surface area contributed by atoms with Gasteiger partial charge in [0.25, 0.3) is 0 Å². The minimum absolute atomic E-state index is 0.852. The van der Waals surface area contributed by atoms with E-state index in [2.05, 4.69) is 45.4 Å². The summed E-state index contributed by atoms with van der Waals surface area (Å²) >= 11 is 3.49. The monoisotopic (exact) mass is 279 g/mol. The Kier molecular flexibility index (Phi) is 3.74. The van der Waals surface area contributed by atoms with Crippen LogP contribution in [0, 0.1) is 0 Å². The van der Waals surface area contributed by atoms with Gasteiger partial charge in [-0.3, -0.25) is 0 Å². The van der Waals surface area contributed by atoms with Crippen molar-refractivity contribution in [1.29, 1.82) is 0 Å². The molecule has 1 N–H and O–H groups in total. The van der Waals surface area contributed by atoms with Crippen LogP contribution in [0.15, 0.2) is 41.1 Å². The molecule has 0 aliphatic carbocycles. The van der Waals surface area contributed by atoms with E-state index in [0.717, 1.165) is 23.2 Å². The molecule has 0 aliphatic rings. The average Bonchev–Trinajstić information content (AvgIpc) is 2.80. The Morgan fingerprint density at radius 3 is 3.00 bits per heavy atom. The topological polar surface area (TPSA) is 29.9 Å². The Hall–Kier alpha value is -1.13. The van der Waals surface area contributed by atoms with Gasteiger partial charge in [0.1, 0.15) is 0 Å². The zero-order valence-electron chi connectivity index (χ0n) is 9.15. The van der Waals surface area contributed by atoms with Gasteiger partial charge in [0.15, 0.2) is 0 Å². The molecule has 0 fully saturated rings. The fourth-order valence-corrected chi connectivity index (χ4v) is 2.00. The fourth-order valence-electron chi connectivity index (χ4n) is 1.59. The molecule has 84 valence electrons. The van der Waals surface area contributed by atoms with Crippen molar-refractivity contribution in [3.8, 4) is 5.69 Å². The number of hydrogen-bond donors (Lipinski definition) is 1. The molecule has 2 aromatic rings. The average molecular weight is 280 g/mol. The third-order valence-corrected chi connectivity index (χ3v) is 2.85. The second-order valence-electron chi connectivity index (χ2n) is 3.50. The highest BCUT2D eigenvalue weighted by molar-refractivity contribution is 9.10. The second kappa shape index (κ2) is 5.27. The van der Waals surface area contributed by atoms with Crippen molar-refractivity contribution < 1.29 is 0 Å². The fraction of sp³-hybridized carbons (Fsp3) is 0.250. The maximum absolute atomic E-state index is 4.26. The van der Waals surface area contributed by atoms with E-state index in [9.17, 15) is 0 Å². The molecule has 1 heterocycles. The van der Waals surface area contributed by atoms with E-state index in [1.165, 1.54) is 5.56 Å². The highest BCUT2D eigenvalue weighted by Crippen LogP contribution is 2.19. The summed E-state index contributed by atoms with van der Waals surface area (Å²) in [6, 6.07) is 8.16. The standard InChI is InChI=1S/C12H14BrN3/c1-2-14-9-10-8-11(13)4-5-12(10)16-7-3-6-15-16/h3-8,14H,2,9H2,1H3. The van der Waals surface area contributed by atoms with Crippen LogP contribution in [-0.2, 0) is 6.54 Å². The highest BCUT2D eigenvalue weighted by atomic mass is 79.9. The SMILES string of the molecule is CCNCc1cc(Br)ccc1-n1cccn1. The molecule has 0 unspecified atom stereocenters. The van der Waals surface area contributed by atoms with Gasteiger partial charge >= 0.3 is 0 Å². The van der Waals surface area contributed by atoms with Crippen LogP contribution in [0.2, 0.25) is 0 Å². The second-order valence-corrected chi connectivity index (χ2v) is 4.42. The first kappa shape index (κ1) is 11.4. The predicted molar refractivity (Wildman–Crippen MR) is 68.6 cm³/mol. The third kappa shape index (κ3) is 2.51. The van der Waals surface area contributed by atoms with Gasteiger partial charge in [-0.2, -0.15) is 5.10 Å². The van der Waals surface area contributed by atoms with Gasteiger partial charge in [-0.15, -0.1) is 0 Å². The highest BCUT2D eigenvalue weighted by Gasteiger charge is 2.04. The largest absolute Gasteiger partial charge is 0.313 e. The third-order valence-electron chi connectivity index (χ3n) is 2.36. The maximum atomic E-state index is 4.26. The molecular weight excluding hydrogens is 266 g/mol. The Morgan fingerprint density at radius 2 is 2.31 bits per heavy atom. The van der Waals surface area contributed by atoms with Crippen molar-refractivity contribution >= 4 is 15.9 Å². The van der Waals surface area contributed by atoms with Gasteiger partial charge in [0, 0.05) is 23.4 Å². The molecule has 3 nitrogen and oxygen atoms in total. The van der Waals surface area contributed by atoms with Crippen LogP contribution in [0.5, 0.6) is 0 Å².